The largest absolute Gasteiger partial charge is 0.323 e. The number of para-hydroxylation sites is 2. The number of anilines is 3. The van der Waals surface area contributed by atoms with Gasteiger partial charge in [0, 0.05) is 17.6 Å². The van der Waals surface area contributed by atoms with Crippen molar-refractivity contribution >= 4 is 50.5 Å². The van der Waals surface area contributed by atoms with Crippen molar-refractivity contribution in [1.82, 2.24) is 0 Å². The first-order chi connectivity index (χ1) is 14.8. The van der Waals surface area contributed by atoms with E-state index in [4.69, 9.17) is 11.6 Å². The van der Waals surface area contributed by atoms with Gasteiger partial charge in [-0.2, -0.15) is 0 Å². The number of rotatable bonds is 4. The Balaban J connectivity index is 1.59. The summed E-state index contributed by atoms with van der Waals surface area (Å²) < 4.78 is 26.8. The molecule has 0 aromatic heterocycles. The molecule has 0 unspecified atom stereocenters. The molecule has 0 fully saturated rings. The third kappa shape index (κ3) is 3.99. The van der Waals surface area contributed by atoms with Crippen molar-refractivity contribution in [1.29, 1.82) is 0 Å². The number of fused-ring (bicyclic) bond motifs is 1. The van der Waals surface area contributed by atoms with Crippen LogP contribution in [-0.4, -0.2) is 33.8 Å². The molecule has 4 rings (SSSR count). The lowest BCUT2D eigenvalue weighted by Crippen LogP contribution is -2.42. The van der Waals surface area contributed by atoms with E-state index < -0.39 is 10.0 Å². The van der Waals surface area contributed by atoms with Crippen LogP contribution < -0.4 is 14.5 Å². The molecule has 31 heavy (non-hydrogen) atoms. The minimum Gasteiger partial charge on any atom is -0.323 e. The summed E-state index contributed by atoms with van der Waals surface area (Å²) in [5, 5.41) is 3.18. The van der Waals surface area contributed by atoms with Gasteiger partial charge in [-0.25, -0.2) is 8.42 Å². The number of hydrogen-bond donors (Lipinski definition) is 1. The number of hydrogen-bond acceptors (Lipinski definition) is 4. The van der Waals surface area contributed by atoms with Crippen molar-refractivity contribution in [2.45, 2.75) is 4.90 Å². The van der Waals surface area contributed by atoms with Gasteiger partial charge in [-0.05, 0) is 60.7 Å². The van der Waals surface area contributed by atoms with E-state index in [0.717, 1.165) is 4.31 Å². The van der Waals surface area contributed by atoms with Crippen molar-refractivity contribution in [3.63, 3.8) is 0 Å². The molecule has 158 valence electrons. The van der Waals surface area contributed by atoms with Crippen LogP contribution in [0.1, 0.15) is 10.4 Å². The minimum atomic E-state index is -3.78. The highest BCUT2D eigenvalue weighted by molar-refractivity contribution is 7.92. The van der Waals surface area contributed by atoms with Crippen LogP contribution in [0.25, 0.3) is 0 Å². The van der Waals surface area contributed by atoms with Crippen LogP contribution in [0.2, 0.25) is 5.02 Å². The maximum Gasteiger partial charge on any atom is 0.264 e. The molecule has 1 aliphatic rings. The van der Waals surface area contributed by atoms with E-state index in [1.807, 2.05) is 0 Å². The van der Waals surface area contributed by atoms with Crippen molar-refractivity contribution < 1.29 is 18.0 Å². The van der Waals surface area contributed by atoms with Gasteiger partial charge in [0.15, 0.2) is 0 Å². The number of nitrogens with one attached hydrogen (secondary N) is 1. The first kappa shape index (κ1) is 20.9. The number of sulfonamides is 1. The van der Waals surface area contributed by atoms with Gasteiger partial charge >= 0.3 is 0 Å². The Morgan fingerprint density at radius 1 is 1.00 bits per heavy atom. The Kier molecular flexibility index (Phi) is 5.43. The number of carbonyl (C=O) groups excluding carboxylic acids is 2. The maximum absolute atomic E-state index is 13.0. The highest BCUT2D eigenvalue weighted by Crippen LogP contribution is 2.30. The SMILES string of the molecule is CN(c1ccc(C(=O)N2CC(=O)Nc3ccccc32)cc1)S(=O)(=O)c1ccc(Cl)cc1. The molecule has 1 heterocycles. The summed E-state index contributed by atoms with van der Waals surface area (Å²) in [5.41, 5.74) is 1.91. The predicted octanol–water partition coefficient (Wildman–Crippen LogP) is 3.76. The summed E-state index contributed by atoms with van der Waals surface area (Å²) >= 11 is 5.84. The van der Waals surface area contributed by atoms with Crippen molar-refractivity contribution in [3.05, 3.63) is 83.4 Å². The summed E-state index contributed by atoms with van der Waals surface area (Å²) in [7, 11) is -2.35. The second kappa shape index (κ2) is 8.05. The fraction of sp³-hybridized carbons (Fsp3) is 0.0909. The highest BCUT2D eigenvalue weighted by atomic mass is 35.5. The zero-order valence-corrected chi connectivity index (χ0v) is 18.0. The summed E-state index contributed by atoms with van der Waals surface area (Å²) in [4.78, 5) is 26.5. The van der Waals surface area contributed by atoms with Crippen LogP contribution in [-0.2, 0) is 14.8 Å². The number of nitrogens with zero attached hydrogens (tertiary/aromatic N) is 2. The second-order valence-corrected chi connectivity index (χ2v) is 9.34. The van der Waals surface area contributed by atoms with Gasteiger partial charge in [0.25, 0.3) is 15.9 Å². The van der Waals surface area contributed by atoms with E-state index >= 15 is 0 Å². The van der Waals surface area contributed by atoms with E-state index in [0.29, 0.717) is 27.6 Å². The molecule has 7 nitrogen and oxygen atoms in total. The molecular formula is C22H18ClN3O4S. The number of benzene rings is 3. The molecule has 3 aromatic carbocycles. The fourth-order valence-electron chi connectivity index (χ4n) is 3.29. The molecule has 0 atom stereocenters. The summed E-state index contributed by atoms with van der Waals surface area (Å²) in [6.45, 7) is -0.0948. The van der Waals surface area contributed by atoms with Crippen LogP contribution in [0.3, 0.4) is 0 Å². The fourth-order valence-corrected chi connectivity index (χ4v) is 4.61. The van der Waals surface area contributed by atoms with Crippen molar-refractivity contribution in [2.75, 3.05) is 28.1 Å². The van der Waals surface area contributed by atoms with Gasteiger partial charge in [-0.3, -0.25) is 18.8 Å². The molecule has 0 spiro atoms. The quantitative estimate of drug-likeness (QED) is 0.648. The zero-order chi connectivity index (χ0) is 22.2. The Labute approximate surface area is 184 Å². The third-order valence-electron chi connectivity index (χ3n) is 4.97. The van der Waals surface area contributed by atoms with Crippen molar-refractivity contribution in [2.24, 2.45) is 0 Å². The molecule has 9 heteroatoms. The smallest absolute Gasteiger partial charge is 0.264 e. The molecule has 0 saturated carbocycles. The lowest BCUT2D eigenvalue weighted by atomic mass is 10.1. The van der Waals surface area contributed by atoms with Crippen molar-refractivity contribution in [3.8, 4) is 0 Å². The standard InChI is InChI=1S/C22H18ClN3O4S/c1-25(31(29,30)18-12-8-16(23)9-13-18)17-10-6-15(7-11-17)22(28)26-14-21(27)24-19-4-2-3-5-20(19)26/h2-13H,14H2,1H3,(H,24,27). The van der Waals surface area contributed by atoms with E-state index in [1.54, 1.807) is 48.5 Å². The average molecular weight is 456 g/mol. The normalized spacial score (nSPS) is 13.4. The Morgan fingerprint density at radius 2 is 1.65 bits per heavy atom. The number of amides is 2. The average Bonchev–Trinajstić information content (AvgIpc) is 2.78. The first-order valence-corrected chi connectivity index (χ1v) is 11.1. The summed E-state index contributed by atoms with van der Waals surface area (Å²) in [6.07, 6.45) is 0. The Bertz CT molecular complexity index is 1260. The van der Waals surface area contributed by atoms with E-state index in [1.165, 1.54) is 36.2 Å². The van der Waals surface area contributed by atoms with Gasteiger partial charge in [0.1, 0.15) is 6.54 Å². The molecule has 0 bridgehead atoms. The lowest BCUT2D eigenvalue weighted by molar-refractivity contribution is -0.115. The Morgan fingerprint density at radius 3 is 2.32 bits per heavy atom. The summed E-state index contributed by atoms with van der Waals surface area (Å²) in [6, 6.07) is 19.1. The molecule has 0 aliphatic carbocycles. The molecule has 3 aromatic rings. The molecule has 1 aliphatic heterocycles. The number of carbonyl (C=O) groups is 2. The maximum atomic E-state index is 13.0. The van der Waals surface area contributed by atoms with Crippen LogP contribution >= 0.6 is 11.6 Å². The predicted molar refractivity (Wildman–Crippen MR) is 120 cm³/mol. The van der Waals surface area contributed by atoms with Gasteiger partial charge in [0.2, 0.25) is 5.91 Å². The monoisotopic (exact) mass is 455 g/mol. The van der Waals surface area contributed by atoms with E-state index in [2.05, 4.69) is 5.32 Å². The number of halogens is 1. The van der Waals surface area contributed by atoms with Gasteiger partial charge in [-0.15, -0.1) is 0 Å². The summed E-state index contributed by atoms with van der Waals surface area (Å²) in [5.74, 6) is -0.630. The molecular weight excluding hydrogens is 438 g/mol. The van der Waals surface area contributed by atoms with Gasteiger partial charge in [-0.1, -0.05) is 23.7 Å². The minimum absolute atomic E-state index is 0.0948. The van der Waals surface area contributed by atoms with Crippen LogP contribution in [0.4, 0.5) is 17.1 Å². The van der Waals surface area contributed by atoms with Crippen LogP contribution in [0.5, 0.6) is 0 Å². The van der Waals surface area contributed by atoms with Crippen LogP contribution in [0.15, 0.2) is 77.7 Å². The Hall–Kier alpha value is -3.36. The second-order valence-electron chi connectivity index (χ2n) is 6.93. The van der Waals surface area contributed by atoms with Gasteiger partial charge in [0.05, 0.1) is 22.0 Å². The lowest BCUT2D eigenvalue weighted by Gasteiger charge is -2.29. The first-order valence-electron chi connectivity index (χ1n) is 9.33. The molecule has 0 radical (unpaired) electrons. The molecule has 0 saturated heterocycles. The molecule has 1 N–H and O–H groups in total. The third-order valence-corrected chi connectivity index (χ3v) is 7.02. The molecule has 2 amide bonds. The van der Waals surface area contributed by atoms with E-state index in [9.17, 15) is 18.0 Å². The van der Waals surface area contributed by atoms with Gasteiger partial charge < -0.3 is 5.32 Å². The topological polar surface area (TPSA) is 86.8 Å². The highest BCUT2D eigenvalue weighted by Gasteiger charge is 2.28. The zero-order valence-electron chi connectivity index (χ0n) is 16.4. The van der Waals surface area contributed by atoms with E-state index in [-0.39, 0.29) is 23.3 Å². The van der Waals surface area contributed by atoms with Crippen LogP contribution in [0, 0.1) is 0 Å².